The summed E-state index contributed by atoms with van der Waals surface area (Å²) in [6.45, 7) is 9.45. The number of hydrogen-bond acceptors (Lipinski definition) is 3. The topological polar surface area (TPSA) is 41.6 Å². The van der Waals surface area contributed by atoms with E-state index in [1.54, 1.807) is 0 Å². The molecule has 98 valence electrons. The van der Waals surface area contributed by atoms with Gasteiger partial charge in [0.1, 0.15) is 0 Å². The third kappa shape index (κ3) is 2.33. The maximum atomic E-state index is 12.7. The second-order valence-corrected chi connectivity index (χ2v) is 5.51. The molecular formula is C13H24N2O2. The van der Waals surface area contributed by atoms with Crippen molar-refractivity contribution in [2.75, 3.05) is 26.2 Å². The van der Waals surface area contributed by atoms with Gasteiger partial charge in [-0.15, -0.1) is 0 Å². The lowest BCUT2D eigenvalue weighted by Crippen LogP contribution is -2.55. The lowest BCUT2D eigenvalue weighted by molar-refractivity contribution is -0.153. The van der Waals surface area contributed by atoms with Gasteiger partial charge in [0.15, 0.2) is 0 Å². The molecule has 3 atom stereocenters. The third-order valence-corrected chi connectivity index (χ3v) is 4.24. The van der Waals surface area contributed by atoms with E-state index >= 15 is 0 Å². The van der Waals surface area contributed by atoms with E-state index in [9.17, 15) is 4.79 Å². The molecule has 17 heavy (non-hydrogen) atoms. The van der Waals surface area contributed by atoms with Crippen molar-refractivity contribution in [3.63, 3.8) is 0 Å². The van der Waals surface area contributed by atoms with Gasteiger partial charge in [-0.3, -0.25) is 4.79 Å². The number of morpholine rings is 1. The summed E-state index contributed by atoms with van der Waals surface area (Å²) < 4.78 is 5.59. The molecule has 3 unspecified atom stereocenters. The van der Waals surface area contributed by atoms with Crippen LogP contribution < -0.4 is 5.32 Å². The van der Waals surface area contributed by atoms with Gasteiger partial charge in [0.2, 0.25) is 5.91 Å². The minimum absolute atomic E-state index is 0.161. The molecule has 0 aromatic carbocycles. The first-order chi connectivity index (χ1) is 8.09. The smallest absolute Gasteiger partial charge is 0.230 e. The monoisotopic (exact) mass is 240 g/mol. The first kappa shape index (κ1) is 12.8. The standard InChI is InChI=1S/C13H24N2O2/c1-4-13(5-6-14-9-13)12(16)15-7-11(3)17-8-10(15)2/h10-11,14H,4-9H2,1-3H3. The number of nitrogens with zero attached hydrogens (tertiary/aromatic N) is 1. The molecule has 0 saturated carbocycles. The summed E-state index contributed by atoms with van der Waals surface area (Å²) >= 11 is 0. The second kappa shape index (κ2) is 4.94. The summed E-state index contributed by atoms with van der Waals surface area (Å²) in [4.78, 5) is 14.8. The molecule has 0 radical (unpaired) electrons. The van der Waals surface area contributed by atoms with E-state index in [-0.39, 0.29) is 17.6 Å². The van der Waals surface area contributed by atoms with Gasteiger partial charge in [-0.1, -0.05) is 6.92 Å². The Balaban J connectivity index is 2.12. The van der Waals surface area contributed by atoms with Crippen LogP contribution in [-0.4, -0.2) is 49.2 Å². The molecule has 0 aliphatic carbocycles. The van der Waals surface area contributed by atoms with Crippen LogP contribution in [0.4, 0.5) is 0 Å². The molecule has 2 rings (SSSR count). The summed E-state index contributed by atoms with van der Waals surface area (Å²) in [5.41, 5.74) is -0.161. The number of amides is 1. The molecule has 2 heterocycles. The molecule has 0 spiro atoms. The Morgan fingerprint density at radius 3 is 2.88 bits per heavy atom. The first-order valence-electron chi connectivity index (χ1n) is 6.72. The summed E-state index contributed by atoms with van der Waals surface area (Å²) in [6, 6.07) is 0.211. The lowest BCUT2D eigenvalue weighted by Gasteiger charge is -2.41. The summed E-state index contributed by atoms with van der Waals surface area (Å²) in [6.07, 6.45) is 2.07. The predicted molar refractivity (Wildman–Crippen MR) is 66.8 cm³/mol. The van der Waals surface area contributed by atoms with Gasteiger partial charge in [-0.25, -0.2) is 0 Å². The molecular weight excluding hydrogens is 216 g/mol. The maximum Gasteiger partial charge on any atom is 0.230 e. The number of carbonyl (C=O) groups is 1. The molecule has 2 fully saturated rings. The Kier molecular flexibility index (Phi) is 3.73. The summed E-state index contributed by atoms with van der Waals surface area (Å²) in [5, 5.41) is 3.33. The molecule has 4 nitrogen and oxygen atoms in total. The largest absolute Gasteiger partial charge is 0.375 e. The van der Waals surface area contributed by atoms with Gasteiger partial charge in [0.05, 0.1) is 24.2 Å². The number of carbonyl (C=O) groups excluding carboxylic acids is 1. The minimum Gasteiger partial charge on any atom is -0.375 e. The van der Waals surface area contributed by atoms with Crippen LogP contribution in [0.25, 0.3) is 0 Å². The average Bonchev–Trinajstić information content (AvgIpc) is 2.81. The van der Waals surface area contributed by atoms with Crippen molar-refractivity contribution in [2.45, 2.75) is 45.8 Å². The maximum absolute atomic E-state index is 12.7. The van der Waals surface area contributed by atoms with Crippen molar-refractivity contribution < 1.29 is 9.53 Å². The Morgan fingerprint density at radius 1 is 1.53 bits per heavy atom. The van der Waals surface area contributed by atoms with Crippen LogP contribution in [0.15, 0.2) is 0 Å². The zero-order valence-corrected chi connectivity index (χ0v) is 11.2. The Hall–Kier alpha value is -0.610. The van der Waals surface area contributed by atoms with Crippen molar-refractivity contribution in [1.82, 2.24) is 10.2 Å². The van der Waals surface area contributed by atoms with Crippen LogP contribution in [0.3, 0.4) is 0 Å². The fraction of sp³-hybridized carbons (Fsp3) is 0.923. The van der Waals surface area contributed by atoms with Crippen LogP contribution in [0, 0.1) is 5.41 Å². The zero-order chi connectivity index (χ0) is 12.5. The van der Waals surface area contributed by atoms with Crippen LogP contribution in [0.5, 0.6) is 0 Å². The van der Waals surface area contributed by atoms with Gasteiger partial charge in [0, 0.05) is 13.1 Å². The summed E-state index contributed by atoms with van der Waals surface area (Å²) in [5.74, 6) is 0.327. The molecule has 4 heteroatoms. The Labute approximate surface area is 104 Å². The van der Waals surface area contributed by atoms with E-state index in [0.29, 0.717) is 12.5 Å². The first-order valence-corrected chi connectivity index (χ1v) is 6.72. The highest BCUT2D eigenvalue weighted by molar-refractivity contribution is 5.83. The molecule has 0 aromatic rings. The SMILES string of the molecule is CCC1(C(=O)N2CC(C)OCC2C)CCNC1. The van der Waals surface area contributed by atoms with Crippen molar-refractivity contribution in [2.24, 2.45) is 5.41 Å². The van der Waals surface area contributed by atoms with E-state index in [1.165, 1.54) is 0 Å². The van der Waals surface area contributed by atoms with Gasteiger partial charge >= 0.3 is 0 Å². The molecule has 2 aliphatic heterocycles. The molecule has 0 aromatic heterocycles. The highest BCUT2D eigenvalue weighted by Gasteiger charge is 2.44. The van der Waals surface area contributed by atoms with Gasteiger partial charge in [-0.05, 0) is 33.2 Å². The molecule has 1 N–H and O–H groups in total. The van der Waals surface area contributed by atoms with E-state index < -0.39 is 0 Å². The van der Waals surface area contributed by atoms with Crippen molar-refractivity contribution in [3.05, 3.63) is 0 Å². The lowest BCUT2D eigenvalue weighted by atomic mass is 9.82. The van der Waals surface area contributed by atoms with Gasteiger partial charge in [-0.2, -0.15) is 0 Å². The van der Waals surface area contributed by atoms with E-state index in [4.69, 9.17) is 4.74 Å². The molecule has 1 amide bonds. The number of ether oxygens (including phenoxy) is 1. The van der Waals surface area contributed by atoms with E-state index in [0.717, 1.165) is 32.5 Å². The number of rotatable bonds is 2. The zero-order valence-electron chi connectivity index (χ0n) is 11.2. The Bertz CT molecular complexity index is 287. The van der Waals surface area contributed by atoms with Crippen LogP contribution in [0.2, 0.25) is 0 Å². The van der Waals surface area contributed by atoms with Gasteiger partial charge < -0.3 is 15.0 Å². The fourth-order valence-electron chi connectivity index (χ4n) is 2.87. The van der Waals surface area contributed by atoms with Crippen LogP contribution >= 0.6 is 0 Å². The van der Waals surface area contributed by atoms with E-state index in [2.05, 4.69) is 19.2 Å². The van der Waals surface area contributed by atoms with Crippen LogP contribution in [0.1, 0.15) is 33.6 Å². The number of nitrogens with one attached hydrogen (secondary N) is 1. The van der Waals surface area contributed by atoms with Gasteiger partial charge in [0.25, 0.3) is 0 Å². The van der Waals surface area contributed by atoms with E-state index in [1.807, 2.05) is 11.8 Å². The summed E-state index contributed by atoms with van der Waals surface area (Å²) in [7, 11) is 0. The van der Waals surface area contributed by atoms with Crippen molar-refractivity contribution in [3.8, 4) is 0 Å². The normalized spacial score (nSPS) is 38.4. The predicted octanol–water partition coefficient (Wildman–Crippen LogP) is 1.01. The highest BCUT2D eigenvalue weighted by Crippen LogP contribution is 2.33. The third-order valence-electron chi connectivity index (χ3n) is 4.24. The fourth-order valence-corrected chi connectivity index (χ4v) is 2.87. The van der Waals surface area contributed by atoms with Crippen LogP contribution in [-0.2, 0) is 9.53 Å². The van der Waals surface area contributed by atoms with Crippen molar-refractivity contribution in [1.29, 1.82) is 0 Å². The molecule has 2 saturated heterocycles. The molecule has 2 aliphatic rings. The average molecular weight is 240 g/mol. The molecule has 0 bridgehead atoms. The number of hydrogen-bond donors (Lipinski definition) is 1. The Morgan fingerprint density at radius 2 is 2.29 bits per heavy atom. The quantitative estimate of drug-likeness (QED) is 0.783. The highest BCUT2D eigenvalue weighted by atomic mass is 16.5. The van der Waals surface area contributed by atoms with Crippen molar-refractivity contribution >= 4 is 5.91 Å². The minimum atomic E-state index is -0.161. The second-order valence-electron chi connectivity index (χ2n) is 5.51.